The minimum absolute atomic E-state index is 0.0537. The summed E-state index contributed by atoms with van der Waals surface area (Å²) in [5, 5.41) is 11.2. The molecule has 1 unspecified atom stereocenters. The zero-order chi connectivity index (χ0) is 14.9. The maximum atomic E-state index is 12.5. The highest BCUT2D eigenvalue weighted by molar-refractivity contribution is 7.89. The van der Waals surface area contributed by atoms with Crippen LogP contribution in [0.3, 0.4) is 0 Å². The van der Waals surface area contributed by atoms with Crippen molar-refractivity contribution in [2.24, 2.45) is 5.92 Å². The van der Waals surface area contributed by atoms with Crippen molar-refractivity contribution in [3.05, 3.63) is 29.6 Å². The number of carbonyl (C=O) groups is 1. The number of fused-ring (bicyclic) bond motifs is 1. The number of rotatable bonds is 5. The van der Waals surface area contributed by atoms with E-state index in [9.17, 15) is 13.2 Å². The van der Waals surface area contributed by atoms with E-state index in [0.29, 0.717) is 5.39 Å². The molecule has 1 aromatic carbocycles. The molecule has 0 amide bonds. The Labute approximate surface area is 121 Å². The Morgan fingerprint density at radius 1 is 1.40 bits per heavy atom. The van der Waals surface area contributed by atoms with Gasteiger partial charge in [0.2, 0.25) is 10.0 Å². The number of sulfonamides is 1. The summed E-state index contributed by atoms with van der Waals surface area (Å²) in [5.41, 5.74) is 0. The summed E-state index contributed by atoms with van der Waals surface area (Å²) >= 11 is 1.36. The molecule has 5 nitrogen and oxygen atoms in total. The summed E-state index contributed by atoms with van der Waals surface area (Å²) in [6, 6.07) is 7.26. The normalized spacial score (nSPS) is 13.8. The topological polar surface area (TPSA) is 74.7 Å². The van der Waals surface area contributed by atoms with Gasteiger partial charge in [-0.05, 0) is 6.07 Å². The van der Waals surface area contributed by atoms with Crippen molar-refractivity contribution >= 4 is 37.4 Å². The molecule has 1 atom stereocenters. The first-order valence-electron chi connectivity index (χ1n) is 5.99. The Hall–Kier alpha value is -1.44. The van der Waals surface area contributed by atoms with Gasteiger partial charge in [-0.25, -0.2) is 12.7 Å². The summed E-state index contributed by atoms with van der Waals surface area (Å²) in [7, 11) is -2.27. The van der Waals surface area contributed by atoms with Crippen LogP contribution < -0.4 is 0 Å². The second-order valence-corrected chi connectivity index (χ2v) is 7.55. The molecule has 1 aromatic heterocycles. The molecule has 1 heterocycles. The average molecular weight is 313 g/mol. The smallest absolute Gasteiger partial charge is 0.307 e. The molecule has 0 bridgehead atoms. The van der Waals surface area contributed by atoms with E-state index in [-0.39, 0.29) is 11.4 Å². The van der Waals surface area contributed by atoms with Crippen LogP contribution in [-0.2, 0) is 14.8 Å². The lowest BCUT2D eigenvalue weighted by Gasteiger charge is -2.18. The van der Waals surface area contributed by atoms with Crippen LogP contribution in [0.2, 0.25) is 0 Å². The van der Waals surface area contributed by atoms with Crippen molar-refractivity contribution < 1.29 is 18.3 Å². The van der Waals surface area contributed by atoms with Gasteiger partial charge >= 0.3 is 5.97 Å². The fraction of sp³-hybridized carbons (Fsp3) is 0.308. The number of benzene rings is 1. The maximum absolute atomic E-state index is 12.5. The van der Waals surface area contributed by atoms with Gasteiger partial charge in [-0.1, -0.05) is 25.1 Å². The van der Waals surface area contributed by atoms with E-state index in [1.807, 2.05) is 12.1 Å². The van der Waals surface area contributed by atoms with Crippen LogP contribution >= 0.6 is 11.3 Å². The number of hydrogen-bond donors (Lipinski definition) is 1. The van der Waals surface area contributed by atoms with E-state index < -0.39 is 21.9 Å². The lowest BCUT2D eigenvalue weighted by atomic mass is 10.2. The molecule has 7 heteroatoms. The molecule has 108 valence electrons. The van der Waals surface area contributed by atoms with Gasteiger partial charge in [-0.3, -0.25) is 4.79 Å². The second kappa shape index (κ2) is 5.51. The van der Waals surface area contributed by atoms with Crippen molar-refractivity contribution in [3.8, 4) is 0 Å². The van der Waals surface area contributed by atoms with Crippen molar-refractivity contribution in [2.75, 3.05) is 13.6 Å². The molecule has 0 aliphatic heterocycles. The SMILES string of the molecule is CC(CN(C)S(=O)(=O)c1csc2ccccc12)C(=O)O. The van der Waals surface area contributed by atoms with E-state index in [2.05, 4.69) is 0 Å². The van der Waals surface area contributed by atoms with E-state index in [4.69, 9.17) is 5.11 Å². The number of thiophene rings is 1. The Morgan fingerprint density at radius 2 is 2.05 bits per heavy atom. The van der Waals surface area contributed by atoms with Gasteiger partial charge in [0.1, 0.15) is 4.90 Å². The first-order valence-corrected chi connectivity index (χ1v) is 8.31. The van der Waals surface area contributed by atoms with Gasteiger partial charge in [-0.15, -0.1) is 11.3 Å². The van der Waals surface area contributed by atoms with Gasteiger partial charge in [-0.2, -0.15) is 0 Å². The fourth-order valence-corrected chi connectivity index (χ4v) is 4.61. The molecule has 0 saturated heterocycles. The molecule has 0 spiro atoms. The molecule has 2 rings (SSSR count). The average Bonchev–Trinajstić information content (AvgIpc) is 2.82. The zero-order valence-electron chi connectivity index (χ0n) is 11.1. The molecule has 20 heavy (non-hydrogen) atoms. The summed E-state index contributed by atoms with van der Waals surface area (Å²) in [6.45, 7) is 1.43. The first kappa shape index (κ1) is 15.0. The fourth-order valence-electron chi connectivity index (χ4n) is 1.88. The summed E-state index contributed by atoms with van der Waals surface area (Å²) in [6.07, 6.45) is 0. The Kier molecular flexibility index (Phi) is 4.12. The standard InChI is InChI=1S/C13H15NO4S2/c1-9(13(15)16)7-14(2)20(17,18)12-8-19-11-6-4-3-5-10(11)12/h3-6,8-9H,7H2,1-2H3,(H,15,16). The van der Waals surface area contributed by atoms with Crippen LogP contribution in [0.4, 0.5) is 0 Å². The van der Waals surface area contributed by atoms with Gasteiger partial charge in [0, 0.05) is 29.1 Å². The van der Waals surface area contributed by atoms with Crippen molar-refractivity contribution in [1.29, 1.82) is 0 Å². The minimum Gasteiger partial charge on any atom is -0.481 e. The van der Waals surface area contributed by atoms with Crippen molar-refractivity contribution in [1.82, 2.24) is 4.31 Å². The second-order valence-electron chi connectivity index (χ2n) is 4.62. The molecular weight excluding hydrogens is 298 g/mol. The van der Waals surface area contributed by atoms with E-state index in [0.717, 1.165) is 9.01 Å². The molecule has 1 N–H and O–H groups in total. The van der Waals surface area contributed by atoms with Crippen molar-refractivity contribution in [2.45, 2.75) is 11.8 Å². The molecular formula is C13H15NO4S2. The Morgan fingerprint density at radius 3 is 2.70 bits per heavy atom. The third kappa shape index (κ3) is 2.70. The summed E-state index contributed by atoms with van der Waals surface area (Å²) in [4.78, 5) is 11.1. The van der Waals surface area contributed by atoms with Gasteiger partial charge < -0.3 is 5.11 Å². The van der Waals surface area contributed by atoms with E-state index >= 15 is 0 Å². The van der Waals surface area contributed by atoms with Crippen LogP contribution in [0.15, 0.2) is 34.5 Å². The van der Waals surface area contributed by atoms with Crippen molar-refractivity contribution in [3.63, 3.8) is 0 Å². The first-order chi connectivity index (χ1) is 9.34. The molecule has 2 aromatic rings. The van der Waals surface area contributed by atoms with Gasteiger partial charge in [0.15, 0.2) is 0 Å². The number of carboxylic acid groups (broad SMARTS) is 1. The Bertz CT molecular complexity index is 736. The van der Waals surface area contributed by atoms with E-state index in [1.165, 1.54) is 25.3 Å². The molecule has 0 radical (unpaired) electrons. The molecule has 0 aliphatic rings. The number of nitrogens with zero attached hydrogens (tertiary/aromatic N) is 1. The number of hydrogen-bond acceptors (Lipinski definition) is 4. The molecule has 0 fully saturated rings. The third-order valence-corrected chi connectivity index (χ3v) is 6.06. The highest BCUT2D eigenvalue weighted by Gasteiger charge is 2.27. The molecule has 0 aliphatic carbocycles. The van der Waals surface area contributed by atoms with Gasteiger partial charge in [0.05, 0.1) is 5.92 Å². The predicted octanol–water partition coefficient (Wildman–Crippen LogP) is 2.24. The summed E-state index contributed by atoms with van der Waals surface area (Å²) < 4.78 is 27.0. The van der Waals surface area contributed by atoms with Crippen LogP contribution in [0.25, 0.3) is 10.1 Å². The monoisotopic (exact) mass is 313 g/mol. The third-order valence-electron chi connectivity index (χ3n) is 3.09. The van der Waals surface area contributed by atoms with Crippen LogP contribution in [0.5, 0.6) is 0 Å². The van der Waals surface area contributed by atoms with Crippen LogP contribution in [0.1, 0.15) is 6.92 Å². The highest BCUT2D eigenvalue weighted by atomic mass is 32.2. The summed E-state index contributed by atoms with van der Waals surface area (Å²) in [5.74, 6) is -1.76. The maximum Gasteiger partial charge on any atom is 0.307 e. The minimum atomic E-state index is -3.67. The number of aliphatic carboxylic acids is 1. The highest BCUT2D eigenvalue weighted by Crippen LogP contribution is 2.30. The van der Waals surface area contributed by atoms with Crippen LogP contribution in [-0.4, -0.2) is 37.4 Å². The molecule has 0 saturated carbocycles. The predicted molar refractivity (Wildman–Crippen MR) is 78.4 cm³/mol. The lowest BCUT2D eigenvalue weighted by Crippen LogP contribution is -2.33. The quantitative estimate of drug-likeness (QED) is 0.918. The van der Waals surface area contributed by atoms with Crippen LogP contribution in [0, 0.1) is 5.92 Å². The number of carboxylic acids is 1. The zero-order valence-corrected chi connectivity index (χ0v) is 12.7. The van der Waals surface area contributed by atoms with E-state index in [1.54, 1.807) is 17.5 Å². The Balaban J connectivity index is 2.37. The lowest BCUT2D eigenvalue weighted by molar-refractivity contribution is -0.141. The van der Waals surface area contributed by atoms with Gasteiger partial charge in [0.25, 0.3) is 0 Å². The largest absolute Gasteiger partial charge is 0.481 e.